The summed E-state index contributed by atoms with van der Waals surface area (Å²) in [4.78, 5) is 13.5. The highest BCUT2D eigenvalue weighted by molar-refractivity contribution is 5.75. The van der Waals surface area contributed by atoms with Crippen LogP contribution in [0.25, 0.3) is 0 Å². The van der Waals surface area contributed by atoms with Crippen molar-refractivity contribution in [3.8, 4) is 0 Å². The van der Waals surface area contributed by atoms with Crippen LogP contribution in [-0.4, -0.2) is 50.2 Å². The second-order valence-electron chi connectivity index (χ2n) is 4.62. The summed E-state index contributed by atoms with van der Waals surface area (Å²) < 4.78 is 5.51. The van der Waals surface area contributed by atoms with E-state index < -0.39 is 0 Å². The number of rotatable bonds is 6. The van der Waals surface area contributed by atoms with Crippen LogP contribution in [0.3, 0.4) is 0 Å². The molecule has 1 N–H and O–H groups in total. The van der Waals surface area contributed by atoms with Crippen LogP contribution in [0.15, 0.2) is 0 Å². The highest BCUT2D eigenvalue weighted by atomic mass is 16.5. The third-order valence-electron chi connectivity index (χ3n) is 3.07. The van der Waals surface area contributed by atoms with Crippen LogP contribution < -0.4 is 5.32 Å². The van der Waals surface area contributed by atoms with Crippen molar-refractivity contribution in [3.05, 3.63) is 0 Å². The van der Waals surface area contributed by atoms with Crippen molar-refractivity contribution in [1.82, 2.24) is 10.2 Å². The first-order chi connectivity index (χ1) is 7.25. The van der Waals surface area contributed by atoms with Crippen molar-refractivity contribution in [3.63, 3.8) is 0 Å². The predicted molar refractivity (Wildman–Crippen MR) is 57.6 cm³/mol. The Labute approximate surface area is 91.0 Å². The number of hydrogen-bond donors (Lipinski definition) is 1. The number of hydrogen-bond acceptors (Lipinski definition) is 3. The first-order valence-corrected chi connectivity index (χ1v) is 5.82. The molecule has 0 radical (unpaired) electrons. The minimum Gasteiger partial charge on any atom is -0.375 e. The molecule has 86 valence electrons. The molecule has 0 spiro atoms. The second-order valence-corrected chi connectivity index (χ2v) is 4.62. The van der Waals surface area contributed by atoms with Gasteiger partial charge < -0.3 is 15.0 Å². The Morgan fingerprint density at radius 1 is 1.47 bits per heavy atom. The van der Waals surface area contributed by atoms with Crippen LogP contribution >= 0.6 is 0 Å². The maximum atomic E-state index is 11.6. The zero-order valence-electron chi connectivity index (χ0n) is 9.37. The lowest BCUT2D eigenvalue weighted by Crippen LogP contribution is -2.48. The van der Waals surface area contributed by atoms with E-state index in [4.69, 9.17) is 4.74 Å². The molecule has 0 bridgehead atoms. The molecule has 0 aromatic heterocycles. The normalized spacial score (nSPS) is 21.1. The van der Waals surface area contributed by atoms with E-state index in [-0.39, 0.29) is 5.91 Å². The minimum absolute atomic E-state index is 0.217. The van der Waals surface area contributed by atoms with E-state index in [2.05, 4.69) is 5.32 Å². The molecular weight excluding hydrogens is 192 g/mol. The largest absolute Gasteiger partial charge is 0.375 e. The van der Waals surface area contributed by atoms with Crippen LogP contribution in [0.1, 0.15) is 19.3 Å². The van der Waals surface area contributed by atoms with Gasteiger partial charge in [0.1, 0.15) is 0 Å². The average Bonchev–Trinajstić information content (AvgIpc) is 2.92. The smallest absolute Gasteiger partial charge is 0.224 e. The van der Waals surface area contributed by atoms with E-state index >= 15 is 0 Å². The maximum absolute atomic E-state index is 11.6. The summed E-state index contributed by atoms with van der Waals surface area (Å²) in [6, 6.07) is 0. The number of nitrogens with zero attached hydrogens (tertiary/aromatic N) is 1. The van der Waals surface area contributed by atoms with Gasteiger partial charge in [-0.2, -0.15) is 0 Å². The number of carbonyl (C=O) groups excluding carboxylic acids is 1. The number of nitrogens with one attached hydrogen (secondary N) is 1. The molecular formula is C11H20N2O2. The predicted octanol–water partition coefficient (Wildman–Crippen LogP) is 0.233. The Morgan fingerprint density at radius 3 is 2.73 bits per heavy atom. The van der Waals surface area contributed by atoms with Gasteiger partial charge >= 0.3 is 0 Å². The highest BCUT2D eigenvalue weighted by Crippen LogP contribution is 2.29. The van der Waals surface area contributed by atoms with Gasteiger partial charge in [-0.05, 0) is 18.8 Å². The SMILES string of the molecule is CN(CC1CC1)C(=O)CCOC1CNC1. The molecule has 0 aromatic rings. The third kappa shape index (κ3) is 3.47. The van der Waals surface area contributed by atoms with E-state index in [0.717, 1.165) is 25.6 Å². The van der Waals surface area contributed by atoms with Crippen molar-refractivity contribution in [2.24, 2.45) is 5.92 Å². The zero-order valence-corrected chi connectivity index (χ0v) is 9.37. The first kappa shape index (κ1) is 10.9. The van der Waals surface area contributed by atoms with Crippen LogP contribution in [0, 0.1) is 5.92 Å². The van der Waals surface area contributed by atoms with Crippen LogP contribution in [0.4, 0.5) is 0 Å². The van der Waals surface area contributed by atoms with Crippen molar-refractivity contribution in [2.75, 3.05) is 33.3 Å². The Morgan fingerprint density at radius 2 is 2.20 bits per heavy atom. The highest BCUT2D eigenvalue weighted by Gasteiger charge is 2.24. The molecule has 1 amide bonds. The average molecular weight is 212 g/mol. The molecule has 2 aliphatic rings. The van der Waals surface area contributed by atoms with Crippen LogP contribution in [0.2, 0.25) is 0 Å². The Hall–Kier alpha value is -0.610. The van der Waals surface area contributed by atoms with Crippen molar-refractivity contribution >= 4 is 5.91 Å². The first-order valence-electron chi connectivity index (χ1n) is 5.82. The molecule has 1 aliphatic carbocycles. The summed E-state index contributed by atoms with van der Waals surface area (Å²) in [5.41, 5.74) is 0. The molecule has 0 aromatic carbocycles. The summed E-state index contributed by atoms with van der Waals surface area (Å²) in [5, 5.41) is 3.14. The van der Waals surface area contributed by atoms with Crippen LogP contribution in [0.5, 0.6) is 0 Å². The molecule has 2 rings (SSSR count). The molecule has 0 unspecified atom stereocenters. The minimum atomic E-state index is 0.217. The molecule has 15 heavy (non-hydrogen) atoms. The van der Waals surface area contributed by atoms with Gasteiger partial charge in [0, 0.05) is 26.7 Å². The van der Waals surface area contributed by atoms with Gasteiger partial charge in [0.15, 0.2) is 0 Å². The van der Waals surface area contributed by atoms with E-state index in [9.17, 15) is 4.79 Å². The van der Waals surface area contributed by atoms with Crippen molar-refractivity contribution in [1.29, 1.82) is 0 Å². The summed E-state index contributed by atoms with van der Waals surface area (Å²) >= 11 is 0. The zero-order chi connectivity index (χ0) is 10.7. The fourth-order valence-corrected chi connectivity index (χ4v) is 1.67. The Balaban J connectivity index is 1.53. The summed E-state index contributed by atoms with van der Waals surface area (Å²) in [5.74, 6) is 0.991. The molecule has 0 atom stereocenters. The van der Waals surface area contributed by atoms with E-state index in [1.807, 2.05) is 11.9 Å². The maximum Gasteiger partial charge on any atom is 0.224 e. The van der Waals surface area contributed by atoms with E-state index in [1.165, 1.54) is 12.8 Å². The van der Waals surface area contributed by atoms with Gasteiger partial charge in [0.05, 0.1) is 19.1 Å². The molecule has 1 saturated carbocycles. The van der Waals surface area contributed by atoms with Crippen LogP contribution in [-0.2, 0) is 9.53 Å². The Bertz CT molecular complexity index is 225. The van der Waals surface area contributed by atoms with E-state index in [0.29, 0.717) is 19.1 Å². The monoisotopic (exact) mass is 212 g/mol. The molecule has 1 heterocycles. The third-order valence-corrected chi connectivity index (χ3v) is 3.07. The van der Waals surface area contributed by atoms with Gasteiger partial charge in [-0.25, -0.2) is 0 Å². The fraction of sp³-hybridized carbons (Fsp3) is 0.909. The molecule has 1 aliphatic heterocycles. The Kier molecular flexibility index (Phi) is 3.59. The number of carbonyl (C=O) groups is 1. The quantitative estimate of drug-likeness (QED) is 0.685. The second kappa shape index (κ2) is 4.94. The summed E-state index contributed by atoms with van der Waals surface area (Å²) in [7, 11) is 1.89. The lowest BCUT2D eigenvalue weighted by molar-refractivity contribution is -0.132. The molecule has 4 nitrogen and oxygen atoms in total. The topological polar surface area (TPSA) is 41.6 Å². The molecule has 2 fully saturated rings. The van der Waals surface area contributed by atoms with E-state index in [1.54, 1.807) is 0 Å². The summed E-state index contributed by atoms with van der Waals surface area (Å²) in [6.45, 7) is 3.38. The lowest BCUT2D eigenvalue weighted by atomic mass is 10.2. The molecule has 4 heteroatoms. The van der Waals surface area contributed by atoms with Gasteiger partial charge in [-0.15, -0.1) is 0 Å². The lowest BCUT2D eigenvalue weighted by Gasteiger charge is -2.27. The van der Waals surface area contributed by atoms with Crippen molar-refractivity contribution in [2.45, 2.75) is 25.4 Å². The van der Waals surface area contributed by atoms with Gasteiger partial charge in [-0.1, -0.05) is 0 Å². The number of ether oxygens (including phenoxy) is 1. The standard InChI is InChI=1S/C11H20N2O2/c1-13(8-9-2-3-9)11(14)4-5-15-10-6-12-7-10/h9-10,12H,2-8H2,1H3. The van der Waals surface area contributed by atoms with Gasteiger partial charge in [-0.3, -0.25) is 4.79 Å². The fourth-order valence-electron chi connectivity index (χ4n) is 1.67. The van der Waals surface area contributed by atoms with Crippen molar-refractivity contribution < 1.29 is 9.53 Å². The van der Waals surface area contributed by atoms with Gasteiger partial charge in [0.2, 0.25) is 5.91 Å². The number of amides is 1. The van der Waals surface area contributed by atoms with Gasteiger partial charge in [0.25, 0.3) is 0 Å². The molecule has 1 saturated heterocycles. The summed E-state index contributed by atoms with van der Waals surface area (Å²) in [6.07, 6.45) is 3.45.